The number of hydrogen-bond donors (Lipinski definition) is 3. The lowest BCUT2D eigenvalue weighted by molar-refractivity contribution is 0.0935. The van der Waals surface area contributed by atoms with Crippen LogP contribution in [-0.2, 0) is 12.8 Å². The first-order valence-electron chi connectivity index (χ1n) is 12.2. The van der Waals surface area contributed by atoms with E-state index in [0.29, 0.717) is 29.8 Å². The van der Waals surface area contributed by atoms with E-state index in [0.717, 1.165) is 30.7 Å². The summed E-state index contributed by atoms with van der Waals surface area (Å²) in [5, 5.41) is 6.73. The van der Waals surface area contributed by atoms with Gasteiger partial charge in [0.05, 0.1) is 18.0 Å². The fraction of sp³-hybridized carbons (Fsp3) is 0.519. The van der Waals surface area contributed by atoms with Crippen LogP contribution in [-0.4, -0.2) is 24.6 Å². The topological polar surface area (TPSA) is 76.4 Å². The largest absolute Gasteiger partial charge is 0.494 e. The summed E-state index contributed by atoms with van der Waals surface area (Å²) in [6.45, 7) is 4.79. The van der Waals surface area contributed by atoms with Crippen molar-refractivity contribution in [3.8, 4) is 5.75 Å². The van der Waals surface area contributed by atoms with Crippen molar-refractivity contribution in [1.82, 2.24) is 5.32 Å². The number of nitrogen functional groups attached to an aromatic ring is 1. The van der Waals surface area contributed by atoms with Gasteiger partial charge >= 0.3 is 0 Å². The molecule has 0 heterocycles. The average Bonchev–Trinajstić information content (AvgIpc) is 3.17. The Bertz CT molecular complexity index is 936. The molecule has 2 aromatic rings. The number of carbonyl (C=O) groups is 1. The molecule has 4 N–H and O–H groups in total. The standard InChI is InChI=1S/C27H37N3O2/c1-3-32-24-11-9-20-14-19(15-22(20)16-24)13-18(2)29-27(31)21-10-12-26(25(28)17-21)30-23-7-5-4-6-8-23/h9-12,16-19,23,30H,3-8,13-15,28H2,1-2H3,(H,29,31)/t18-,19?/m1/s1. The first-order valence-corrected chi connectivity index (χ1v) is 12.2. The van der Waals surface area contributed by atoms with Crippen LogP contribution in [0.5, 0.6) is 5.75 Å². The van der Waals surface area contributed by atoms with Gasteiger partial charge in [-0.05, 0) is 93.3 Å². The molecule has 0 spiro atoms. The van der Waals surface area contributed by atoms with Crippen LogP contribution in [0.25, 0.3) is 0 Å². The number of nitrogens with two attached hydrogens (primary N) is 1. The number of hydrogen-bond acceptors (Lipinski definition) is 4. The fourth-order valence-corrected chi connectivity index (χ4v) is 5.28. The molecular weight excluding hydrogens is 398 g/mol. The molecule has 5 nitrogen and oxygen atoms in total. The Morgan fingerprint density at radius 2 is 1.88 bits per heavy atom. The average molecular weight is 436 g/mol. The first-order chi connectivity index (χ1) is 15.5. The van der Waals surface area contributed by atoms with Crippen molar-refractivity contribution >= 4 is 17.3 Å². The number of ether oxygens (including phenoxy) is 1. The summed E-state index contributed by atoms with van der Waals surface area (Å²) >= 11 is 0. The number of rotatable bonds is 8. The van der Waals surface area contributed by atoms with Crippen molar-refractivity contribution in [2.24, 2.45) is 5.92 Å². The van der Waals surface area contributed by atoms with Gasteiger partial charge in [-0.2, -0.15) is 0 Å². The third-order valence-corrected chi connectivity index (χ3v) is 6.85. The molecule has 2 atom stereocenters. The van der Waals surface area contributed by atoms with Gasteiger partial charge in [-0.15, -0.1) is 0 Å². The normalized spacial score (nSPS) is 19.2. The van der Waals surface area contributed by atoms with Crippen molar-refractivity contribution in [2.75, 3.05) is 17.7 Å². The minimum atomic E-state index is -0.0532. The van der Waals surface area contributed by atoms with E-state index in [-0.39, 0.29) is 11.9 Å². The Morgan fingerprint density at radius 3 is 2.62 bits per heavy atom. The van der Waals surface area contributed by atoms with Gasteiger partial charge in [0.1, 0.15) is 5.75 Å². The van der Waals surface area contributed by atoms with E-state index >= 15 is 0 Å². The van der Waals surface area contributed by atoms with Gasteiger partial charge in [-0.25, -0.2) is 0 Å². The number of benzene rings is 2. The number of anilines is 2. The summed E-state index contributed by atoms with van der Waals surface area (Å²) in [6.07, 6.45) is 9.33. The molecule has 0 aromatic heterocycles. The quantitative estimate of drug-likeness (QED) is 0.490. The van der Waals surface area contributed by atoms with E-state index in [2.05, 4.69) is 35.8 Å². The van der Waals surface area contributed by atoms with Crippen LogP contribution < -0.4 is 21.1 Å². The Kier molecular flexibility index (Phi) is 7.23. The number of fused-ring (bicyclic) bond motifs is 1. The Labute approximate surface area is 192 Å². The summed E-state index contributed by atoms with van der Waals surface area (Å²) in [7, 11) is 0. The van der Waals surface area contributed by atoms with E-state index in [4.69, 9.17) is 10.5 Å². The molecule has 0 bridgehead atoms. The highest BCUT2D eigenvalue weighted by atomic mass is 16.5. The summed E-state index contributed by atoms with van der Waals surface area (Å²) < 4.78 is 5.64. The fourth-order valence-electron chi connectivity index (χ4n) is 5.28. The maximum Gasteiger partial charge on any atom is 0.251 e. The molecule has 2 aliphatic rings. The van der Waals surface area contributed by atoms with Gasteiger partial charge in [0.2, 0.25) is 0 Å². The number of nitrogens with one attached hydrogen (secondary N) is 2. The Hall–Kier alpha value is -2.69. The van der Waals surface area contributed by atoms with Crippen LogP contribution >= 0.6 is 0 Å². The van der Waals surface area contributed by atoms with Crippen molar-refractivity contribution in [1.29, 1.82) is 0 Å². The lowest BCUT2D eigenvalue weighted by Gasteiger charge is -2.24. The van der Waals surface area contributed by atoms with Gasteiger partial charge in [0.15, 0.2) is 0 Å². The monoisotopic (exact) mass is 435 g/mol. The van der Waals surface area contributed by atoms with Gasteiger partial charge in [-0.1, -0.05) is 25.3 Å². The maximum absolute atomic E-state index is 12.8. The molecule has 1 fully saturated rings. The first kappa shape index (κ1) is 22.5. The Balaban J connectivity index is 1.29. The van der Waals surface area contributed by atoms with E-state index in [1.165, 1.54) is 43.2 Å². The van der Waals surface area contributed by atoms with Crippen LogP contribution in [0.4, 0.5) is 11.4 Å². The minimum absolute atomic E-state index is 0.0532. The molecule has 4 rings (SSSR count). The molecule has 5 heteroatoms. The summed E-state index contributed by atoms with van der Waals surface area (Å²) in [6, 6.07) is 12.7. The lowest BCUT2D eigenvalue weighted by atomic mass is 9.95. The smallest absolute Gasteiger partial charge is 0.251 e. The Morgan fingerprint density at radius 1 is 1.09 bits per heavy atom. The predicted molar refractivity (Wildman–Crippen MR) is 131 cm³/mol. The lowest BCUT2D eigenvalue weighted by Crippen LogP contribution is -2.34. The molecule has 1 unspecified atom stereocenters. The van der Waals surface area contributed by atoms with Crippen molar-refractivity contribution in [3.63, 3.8) is 0 Å². The highest BCUT2D eigenvalue weighted by Crippen LogP contribution is 2.32. The van der Waals surface area contributed by atoms with Crippen LogP contribution in [0.15, 0.2) is 36.4 Å². The van der Waals surface area contributed by atoms with E-state index in [9.17, 15) is 4.79 Å². The zero-order valence-corrected chi connectivity index (χ0v) is 19.5. The van der Waals surface area contributed by atoms with Crippen LogP contribution in [0, 0.1) is 5.92 Å². The second-order valence-electron chi connectivity index (χ2n) is 9.53. The second kappa shape index (κ2) is 10.3. The molecule has 1 saturated carbocycles. The number of carbonyl (C=O) groups excluding carboxylic acids is 1. The van der Waals surface area contributed by atoms with Crippen molar-refractivity contribution in [3.05, 3.63) is 53.1 Å². The van der Waals surface area contributed by atoms with Gasteiger partial charge in [0, 0.05) is 17.6 Å². The summed E-state index contributed by atoms with van der Waals surface area (Å²) in [5.74, 6) is 1.44. The SMILES string of the molecule is CCOc1ccc2c(c1)CC(C[C@@H](C)NC(=O)c1ccc(NC3CCCCC3)c(N)c1)C2. The van der Waals surface area contributed by atoms with Gasteiger partial charge < -0.3 is 21.1 Å². The second-order valence-corrected chi connectivity index (χ2v) is 9.53. The van der Waals surface area contributed by atoms with Crippen LogP contribution in [0.2, 0.25) is 0 Å². The summed E-state index contributed by atoms with van der Waals surface area (Å²) in [4.78, 5) is 12.8. The van der Waals surface area contributed by atoms with Crippen LogP contribution in [0.3, 0.4) is 0 Å². The highest BCUT2D eigenvalue weighted by molar-refractivity contribution is 5.96. The predicted octanol–water partition coefficient (Wildman–Crippen LogP) is 5.34. The molecule has 1 amide bonds. The molecule has 0 saturated heterocycles. The maximum atomic E-state index is 12.8. The summed E-state index contributed by atoms with van der Waals surface area (Å²) in [5.41, 5.74) is 11.3. The molecule has 0 aliphatic heterocycles. The molecular formula is C27H37N3O2. The highest BCUT2D eigenvalue weighted by Gasteiger charge is 2.24. The third kappa shape index (κ3) is 5.56. The zero-order chi connectivity index (χ0) is 22.5. The molecule has 2 aromatic carbocycles. The zero-order valence-electron chi connectivity index (χ0n) is 19.5. The third-order valence-electron chi connectivity index (χ3n) is 6.85. The van der Waals surface area contributed by atoms with E-state index in [1.54, 1.807) is 6.07 Å². The van der Waals surface area contributed by atoms with Crippen molar-refractivity contribution in [2.45, 2.75) is 77.3 Å². The van der Waals surface area contributed by atoms with Gasteiger partial charge in [0.25, 0.3) is 5.91 Å². The molecule has 172 valence electrons. The molecule has 2 aliphatic carbocycles. The van der Waals surface area contributed by atoms with Crippen molar-refractivity contribution < 1.29 is 9.53 Å². The van der Waals surface area contributed by atoms with Crippen LogP contribution in [0.1, 0.15) is 73.9 Å². The van der Waals surface area contributed by atoms with Gasteiger partial charge in [-0.3, -0.25) is 4.79 Å². The minimum Gasteiger partial charge on any atom is -0.494 e. The molecule has 32 heavy (non-hydrogen) atoms. The van der Waals surface area contributed by atoms with E-state index in [1.807, 2.05) is 19.1 Å². The number of amides is 1. The van der Waals surface area contributed by atoms with E-state index < -0.39 is 0 Å². The molecule has 0 radical (unpaired) electrons.